The highest BCUT2D eigenvalue weighted by molar-refractivity contribution is 7.71. The summed E-state index contributed by atoms with van der Waals surface area (Å²) in [6.45, 7) is 15.7. The van der Waals surface area contributed by atoms with Crippen LogP contribution in [0.3, 0.4) is 0 Å². The topological polar surface area (TPSA) is 71.1 Å². The van der Waals surface area contributed by atoms with Crippen LogP contribution in [0.15, 0.2) is 0 Å². The minimum Gasteiger partial charge on any atom is -0.305 e. The molecular weight excluding hydrogens is 410 g/mol. The second-order valence-electron chi connectivity index (χ2n) is 8.18. The maximum atomic E-state index is 13.7. The molecule has 0 rings (SSSR count). The Labute approximate surface area is 179 Å². The molecular formula is C21H46O6P2. The summed E-state index contributed by atoms with van der Waals surface area (Å²) >= 11 is 0. The van der Waals surface area contributed by atoms with E-state index in [0.29, 0.717) is 0 Å². The quantitative estimate of drug-likeness (QED) is 0.194. The van der Waals surface area contributed by atoms with Gasteiger partial charge in [0.1, 0.15) is 0 Å². The fraction of sp³-hybridized carbons (Fsp3) is 1.00. The van der Waals surface area contributed by atoms with Crippen LogP contribution in [0.2, 0.25) is 0 Å². The van der Waals surface area contributed by atoms with Gasteiger partial charge < -0.3 is 18.1 Å². The summed E-state index contributed by atoms with van der Waals surface area (Å²) in [7, 11) is -7.35. The molecule has 0 aliphatic heterocycles. The zero-order valence-electron chi connectivity index (χ0n) is 20.0. The summed E-state index contributed by atoms with van der Waals surface area (Å²) in [6, 6.07) is 0. The Balaban J connectivity index is 5.66. The van der Waals surface area contributed by atoms with E-state index in [1.165, 1.54) is 0 Å². The van der Waals surface area contributed by atoms with Gasteiger partial charge in [-0.1, -0.05) is 53.4 Å². The van der Waals surface area contributed by atoms with Gasteiger partial charge in [-0.2, -0.15) is 0 Å². The summed E-state index contributed by atoms with van der Waals surface area (Å²) in [5.74, 6) is -0.343. The fourth-order valence-corrected chi connectivity index (χ4v) is 8.81. The molecule has 0 amide bonds. The lowest BCUT2D eigenvalue weighted by molar-refractivity contribution is 0.108. The lowest BCUT2D eigenvalue weighted by Gasteiger charge is -2.30. The van der Waals surface area contributed by atoms with E-state index >= 15 is 0 Å². The number of hydrogen-bond donors (Lipinski definition) is 0. The number of hydrogen-bond acceptors (Lipinski definition) is 6. The molecule has 0 bridgehead atoms. The summed E-state index contributed by atoms with van der Waals surface area (Å²) < 4.78 is 50.9. The van der Waals surface area contributed by atoms with Crippen molar-refractivity contribution in [3.63, 3.8) is 0 Å². The van der Waals surface area contributed by atoms with E-state index in [1.54, 1.807) is 0 Å². The number of rotatable bonds is 18. The summed E-state index contributed by atoms with van der Waals surface area (Å²) in [4.78, 5) is 0. The van der Waals surface area contributed by atoms with E-state index < -0.39 is 15.2 Å². The highest BCUT2D eigenvalue weighted by Crippen LogP contribution is 2.66. The van der Waals surface area contributed by atoms with Crippen LogP contribution in [0.4, 0.5) is 0 Å². The molecule has 6 nitrogen and oxygen atoms in total. The Bertz CT molecular complexity index is 433. The molecule has 29 heavy (non-hydrogen) atoms. The molecule has 4 atom stereocenters. The molecule has 0 saturated carbocycles. The fourth-order valence-electron chi connectivity index (χ4n) is 3.33. The van der Waals surface area contributed by atoms with Gasteiger partial charge in [0.05, 0.1) is 24.4 Å². The van der Waals surface area contributed by atoms with Gasteiger partial charge in [0, 0.05) is 0 Å². The average molecular weight is 457 g/mol. The van der Waals surface area contributed by atoms with E-state index in [2.05, 4.69) is 0 Å². The molecule has 0 fully saturated rings. The maximum Gasteiger partial charge on any atom is 0.343 e. The van der Waals surface area contributed by atoms with Gasteiger partial charge in [0.15, 0.2) is 5.90 Å². The van der Waals surface area contributed by atoms with Crippen molar-refractivity contribution in [1.82, 2.24) is 0 Å². The van der Waals surface area contributed by atoms with Crippen molar-refractivity contribution >= 4 is 15.2 Å². The highest BCUT2D eigenvalue weighted by atomic mass is 31.2. The molecule has 176 valence electrons. The smallest absolute Gasteiger partial charge is 0.305 e. The van der Waals surface area contributed by atoms with Crippen molar-refractivity contribution < 1.29 is 27.2 Å². The Hall–Kier alpha value is 0.300. The van der Waals surface area contributed by atoms with E-state index in [0.717, 1.165) is 51.4 Å². The van der Waals surface area contributed by atoms with Gasteiger partial charge in [-0.3, -0.25) is 9.13 Å². The lowest BCUT2D eigenvalue weighted by Crippen LogP contribution is -2.18. The third-order valence-electron chi connectivity index (χ3n) is 4.49. The maximum absolute atomic E-state index is 13.7. The van der Waals surface area contributed by atoms with E-state index in [9.17, 15) is 9.13 Å². The van der Waals surface area contributed by atoms with Gasteiger partial charge in [-0.25, -0.2) is 0 Å². The molecule has 0 aliphatic rings. The van der Waals surface area contributed by atoms with Crippen molar-refractivity contribution in [2.24, 2.45) is 0 Å². The minimum atomic E-state index is -3.68. The van der Waals surface area contributed by atoms with Crippen molar-refractivity contribution in [3.8, 4) is 0 Å². The van der Waals surface area contributed by atoms with E-state index in [4.69, 9.17) is 18.1 Å². The standard InChI is InChI=1S/C21H46O6P2/c1-9-13-18(5)24-28(22,25-19(6)14-10-2)17-29(23,26-20(7)15-11-3)27-21(8)16-12-4/h18-21H,9-17H2,1-8H3. The normalized spacial score (nSPS) is 20.4. The van der Waals surface area contributed by atoms with Crippen LogP contribution in [0.1, 0.15) is 107 Å². The third-order valence-corrected chi connectivity index (χ3v) is 9.99. The Morgan fingerprint density at radius 1 is 0.517 bits per heavy atom. The molecule has 0 heterocycles. The zero-order chi connectivity index (χ0) is 22.5. The van der Waals surface area contributed by atoms with Crippen molar-refractivity contribution in [3.05, 3.63) is 0 Å². The van der Waals surface area contributed by atoms with Gasteiger partial charge >= 0.3 is 15.2 Å². The van der Waals surface area contributed by atoms with Crippen molar-refractivity contribution in [2.45, 2.75) is 131 Å². The molecule has 0 aromatic heterocycles. The molecule has 0 N–H and O–H groups in total. The van der Waals surface area contributed by atoms with Crippen molar-refractivity contribution in [2.75, 3.05) is 5.90 Å². The Morgan fingerprint density at radius 3 is 0.897 bits per heavy atom. The second-order valence-corrected chi connectivity index (χ2v) is 12.6. The summed E-state index contributed by atoms with van der Waals surface area (Å²) in [5, 5.41) is 0. The first-order valence-electron chi connectivity index (χ1n) is 11.4. The molecule has 8 heteroatoms. The summed E-state index contributed by atoms with van der Waals surface area (Å²) in [6.07, 6.45) is 5.58. The van der Waals surface area contributed by atoms with Gasteiger partial charge in [0.25, 0.3) is 0 Å². The van der Waals surface area contributed by atoms with Gasteiger partial charge in [-0.15, -0.1) is 0 Å². The Kier molecular flexibility index (Phi) is 15.3. The lowest BCUT2D eigenvalue weighted by atomic mass is 10.2. The SMILES string of the molecule is CCCC(C)OP(=O)(CP(=O)(OC(C)CCC)OC(C)CCC)OC(C)CCC. The largest absolute Gasteiger partial charge is 0.343 e. The zero-order valence-corrected chi connectivity index (χ0v) is 21.8. The van der Waals surface area contributed by atoms with Crippen molar-refractivity contribution in [1.29, 1.82) is 0 Å². The highest BCUT2D eigenvalue weighted by Gasteiger charge is 2.42. The first-order valence-corrected chi connectivity index (χ1v) is 14.9. The second kappa shape index (κ2) is 15.2. The Morgan fingerprint density at radius 2 is 0.724 bits per heavy atom. The molecule has 0 radical (unpaired) electrons. The van der Waals surface area contributed by atoms with Crippen LogP contribution in [0.5, 0.6) is 0 Å². The predicted molar refractivity (Wildman–Crippen MR) is 122 cm³/mol. The molecule has 0 aromatic rings. The molecule has 0 spiro atoms. The monoisotopic (exact) mass is 456 g/mol. The van der Waals surface area contributed by atoms with Gasteiger partial charge in [0.2, 0.25) is 0 Å². The minimum absolute atomic E-state index is 0.255. The van der Waals surface area contributed by atoms with E-state index in [1.807, 2.05) is 55.4 Å². The molecule has 0 aliphatic carbocycles. The molecule has 0 aromatic carbocycles. The van der Waals surface area contributed by atoms with Crippen LogP contribution >= 0.6 is 15.2 Å². The first-order chi connectivity index (χ1) is 13.5. The predicted octanol–water partition coefficient (Wildman–Crippen LogP) is 8.15. The van der Waals surface area contributed by atoms with Crippen LogP contribution in [0, 0.1) is 0 Å². The van der Waals surface area contributed by atoms with E-state index in [-0.39, 0.29) is 30.3 Å². The molecule has 4 unspecified atom stereocenters. The van der Waals surface area contributed by atoms with Crippen LogP contribution in [-0.2, 0) is 27.2 Å². The van der Waals surface area contributed by atoms with Crippen LogP contribution < -0.4 is 0 Å². The average Bonchev–Trinajstić information content (AvgIpc) is 2.53. The third kappa shape index (κ3) is 13.3. The molecule has 0 saturated heterocycles. The first kappa shape index (κ1) is 29.3. The van der Waals surface area contributed by atoms with Gasteiger partial charge in [-0.05, 0) is 53.4 Å². The van der Waals surface area contributed by atoms with Crippen LogP contribution in [0.25, 0.3) is 0 Å². The van der Waals surface area contributed by atoms with Crippen LogP contribution in [-0.4, -0.2) is 30.3 Å². The summed E-state index contributed by atoms with van der Waals surface area (Å²) in [5.41, 5.74) is 0.